The predicted octanol–water partition coefficient (Wildman–Crippen LogP) is 1.80. The lowest BCUT2D eigenvalue weighted by Gasteiger charge is -2.12. The molecule has 33 heavy (non-hydrogen) atoms. The maximum absolute atomic E-state index is 12.0. The molecule has 5 rings (SSSR count). The highest BCUT2D eigenvalue weighted by atomic mass is 16.2. The van der Waals surface area contributed by atoms with Crippen LogP contribution in [0.1, 0.15) is 36.0 Å². The Hall–Kier alpha value is -3.79. The van der Waals surface area contributed by atoms with Crippen LogP contribution in [0.2, 0.25) is 0 Å². The van der Waals surface area contributed by atoms with Crippen molar-refractivity contribution in [1.29, 1.82) is 0 Å². The molecule has 2 aromatic heterocycles. The standard InChI is InChI=1S/C23H26N8O2/c1-30(2)13-15-5-3-14(4-6-15)11-24-22-28-20-17(9-16-10-19(32)27-21(16)33)12-25-31(20)23(29-22)26-18-7-8-18/h3-6,9,12,18H,7-8,10-11,13H2,1-2H3,(H,27,32,33)(H2,24,26,28,29)/b16-9+. The molecule has 2 amide bonds. The van der Waals surface area contributed by atoms with Crippen molar-refractivity contribution in [1.82, 2.24) is 29.8 Å². The third kappa shape index (κ3) is 4.85. The number of hydrogen-bond acceptors (Lipinski definition) is 8. The van der Waals surface area contributed by atoms with E-state index in [9.17, 15) is 9.59 Å². The normalized spacial score (nSPS) is 17.2. The van der Waals surface area contributed by atoms with Gasteiger partial charge in [0, 0.05) is 30.3 Å². The molecule has 1 aliphatic heterocycles. The number of imide groups is 1. The zero-order valence-corrected chi connectivity index (χ0v) is 18.6. The van der Waals surface area contributed by atoms with Crippen LogP contribution < -0.4 is 16.0 Å². The van der Waals surface area contributed by atoms with Crippen molar-refractivity contribution < 1.29 is 9.59 Å². The average Bonchev–Trinajstić information content (AvgIpc) is 3.41. The van der Waals surface area contributed by atoms with Gasteiger partial charge in [0.2, 0.25) is 17.8 Å². The number of rotatable bonds is 8. The Labute approximate surface area is 191 Å². The molecule has 0 bridgehead atoms. The molecule has 1 aliphatic carbocycles. The summed E-state index contributed by atoms with van der Waals surface area (Å²) in [5, 5.41) is 13.4. The summed E-state index contributed by atoms with van der Waals surface area (Å²) in [5.74, 6) is 0.395. The minimum absolute atomic E-state index is 0.0589. The van der Waals surface area contributed by atoms with Crippen molar-refractivity contribution in [2.45, 2.75) is 38.4 Å². The Kier molecular flexibility index (Phi) is 5.51. The van der Waals surface area contributed by atoms with Gasteiger partial charge in [0.1, 0.15) is 0 Å². The predicted molar refractivity (Wildman–Crippen MR) is 124 cm³/mol. The van der Waals surface area contributed by atoms with Crippen LogP contribution in [0.25, 0.3) is 11.7 Å². The molecule has 1 saturated heterocycles. The van der Waals surface area contributed by atoms with Gasteiger partial charge in [-0.1, -0.05) is 24.3 Å². The number of nitrogens with one attached hydrogen (secondary N) is 3. The summed E-state index contributed by atoms with van der Waals surface area (Å²) in [6.07, 6.45) is 5.55. The van der Waals surface area contributed by atoms with Crippen molar-refractivity contribution >= 4 is 35.4 Å². The molecular weight excluding hydrogens is 420 g/mol. The first kappa shape index (κ1) is 21.1. The highest BCUT2D eigenvalue weighted by molar-refractivity contribution is 6.15. The molecule has 0 radical (unpaired) electrons. The quantitative estimate of drug-likeness (QED) is 0.354. The van der Waals surface area contributed by atoms with E-state index in [2.05, 4.69) is 60.2 Å². The molecular formula is C23H26N8O2. The lowest BCUT2D eigenvalue weighted by atomic mass is 10.1. The number of hydrogen-bond donors (Lipinski definition) is 3. The minimum atomic E-state index is -0.374. The van der Waals surface area contributed by atoms with E-state index < -0.39 is 0 Å². The molecule has 2 aliphatic rings. The van der Waals surface area contributed by atoms with Crippen molar-refractivity contribution in [2.24, 2.45) is 0 Å². The van der Waals surface area contributed by atoms with Gasteiger partial charge < -0.3 is 15.5 Å². The molecule has 10 nitrogen and oxygen atoms in total. The fourth-order valence-corrected chi connectivity index (χ4v) is 3.70. The summed E-state index contributed by atoms with van der Waals surface area (Å²) in [4.78, 5) is 35.0. The molecule has 1 aromatic carbocycles. The number of aromatic nitrogens is 4. The average molecular weight is 447 g/mol. The van der Waals surface area contributed by atoms with Gasteiger partial charge in [-0.3, -0.25) is 14.9 Å². The van der Waals surface area contributed by atoms with E-state index in [1.165, 1.54) is 5.56 Å². The first-order chi connectivity index (χ1) is 15.9. The van der Waals surface area contributed by atoms with Crippen LogP contribution >= 0.6 is 0 Å². The van der Waals surface area contributed by atoms with Gasteiger partial charge in [-0.15, -0.1) is 0 Å². The van der Waals surface area contributed by atoms with E-state index in [0.717, 1.165) is 24.9 Å². The van der Waals surface area contributed by atoms with E-state index in [1.807, 2.05) is 14.1 Å². The largest absolute Gasteiger partial charge is 0.351 e. The number of anilines is 2. The van der Waals surface area contributed by atoms with Crippen molar-refractivity contribution in [2.75, 3.05) is 24.7 Å². The molecule has 3 N–H and O–H groups in total. The molecule has 3 heterocycles. The number of carbonyl (C=O) groups is 2. The number of amides is 2. The SMILES string of the molecule is CN(C)Cc1ccc(CNc2nc(NC3CC3)n3ncc(/C=C4\CC(=O)NC4=O)c3n2)cc1. The topological polar surface area (TPSA) is 117 Å². The fourth-order valence-electron chi connectivity index (χ4n) is 3.70. The Morgan fingerprint density at radius 2 is 1.91 bits per heavy atom. The first-order valence-corrected chi connectivity index (χ1v) is 11.0. The van der Waals surface area contributed by atoms with Gasteiger partial charge in [-0.2, -0.15) is 19.6 Å². The van der Waals surface area contributed by atoms with Gasteiger partial charge in [0.25, 0.3) is 5.91 Å². The third-order valence-corrected chi connectivity index (χ3v) is 5.50. The lowest BCUT2D eigenvalue weighted by Crippen LogP contribution is -2.19. The van der Waals surface area contributed by atoms with Gasteiger partial charge in [-0.25, -0.2) is 0 Å². The minimum Gasteiger partial charge on any atom is -0.351 e. The molecule has 170 valence electrons. The summed E-state index contributed by atoms with van der Waals surface area (Å²) in [7, 11) is 4.10. The smallest absolute Gasteiger partial charge is 0.254 e. The van der Waals surface area contributed by atoms with Crippen LogP contribution in [0.3, 0.4) is 0 Å². The van der Waals surface area contributed by atoms with Crippen LogP contribution in [-0.4, -0.2) is 56.4 Å². The maximum atomic E-state index is 12.0. The van der Waals surface area contributed by atoms with Gasteiger partial charge in [-0.05, 0) is 44.1 Å². The van der Waals surface area contributed by atoms with Crippen molar-refractivity contribution in [3.63, 3.8) is 0 Å². The van der Waals surface area contributed by atoms with Crippen LogP contribution in [0.5, 0.6) is 0 Å². The summed E-state index contributed by atoms with van der Waals surface area (Å²) >= 11 is 0. The monoisotopic (exact) mass is 446 g/mol. The summed E-state index contributed by atoms with van der Waals surface area (Å²) in [5.41, 5.74) is 4.00. The van der Waals surface area contributed by atoms with Gasteiger partial charge in [0.15, 0.2) is 5.65 Å². The second-order valence-electron chi connectivity index (χ2n) is 8.76. The molecule has 2 fully saturated rings. The maximum Gasteiger partial charge on any atom is 0.254 e. The Morgan fingerprint density at radius 3 is 2.58 bits per heavy atom. The molecule has 3 aromatic rings. The van der Waals surface area contributed by atoms with Crippen LogP contribution in [0, 0.1) is 0 Å². The Bertz CT molecular complexity index is 1240. The highest BCUT2D eigenvalue weighted by Gasteiger charge is 2.26. The zero-order valence-electron chi connectivity index (χ0n) is 18.6. The van der Waals surface area contributed by atoms with Crippen molar-refractivity contribution in [3.8, 4) is 0 Å². The third-order valence-electron chi connectivity index (χ3n) is 5.50. The van der Waals surface area contributed by atoms with Crippen LogP contribution in [0.4, 0.5) is 11.9 Å². The zero-order chi connectivity index (χ0) is 22.9. The molecule has 0 unspecified atom stereocenters. The molecule has 10 heteroatoms. The number of nitrogens with zero attached hydrogens (tertiary/aromatic N) is 5. The molecule has 1 saturated carbocycles. The fraction of sp³-hybridized carbons (Fsp3) is 0.348. The summed E-state index contributed by atoms with van der Waals surface area (Å²) < 4.78 is 1.64. The second-order valence-corrected chi connectivity index (χ2v) is 8.76. The summed E-state index contributed by atoms with van der Waals surface area (Å²) in [6.45, 7) is 1.47. The van der Waals surface area contributed by atoms with E-state index in [0.29, 0.717) is 41.3 Å². The highest BCUT2D eigenvalue weighted by Crippen LogP contribution is 2.26. The van der Waals surface area contributed by atoms with E-state index >= 15 is 0 Å². The number of carbonyl (C=O) groups excluding carboxylic acids is 2. The van der Waals surface area contributed by atoms with Gasteiger partial charge in [0.05, 0.1) is 12.6 Å². The Balaban J connectivity index is 1.41. The second kappa shape index (κ2) is 8.62. The molecule has 0 atom stereocenters. The van der Waals surface area contributed by atoms with E-state index in [-0.39, 0.29) is 18.2 Å². The van der Waals surface area contributed by atoms with Crippen LogP contribution in [0.15, 0.2) is 36.0 Å². The van der Waals surface area contributed by atoms with Crippen LogP contribution in [-0.2, 0) is 22.7 Å². The van der Waals surface area contributed by atoms with Crippen molar-refractivity contribution in [3.05, 3.63) is 52.7 Å². The van der Waals surface area contributed by atoms with Gasteiger partial charge >= 0.3 is 0 Å². The number of benzene rings is 1. The van der Waals surface area contributed by atoms with E-state index in [1.54, 1.807) is 16.8 Å². The lowest BCUT2D eigenvalue weighted by molar-refractivity contribution is -0.124. The van der Waals surface area contributed by atoms with E-state index in [4.69, 9.17) is 0 Å². The Morgan fingerprint density at radius 1 is 1.15 bits per heavy atom. The summed E-state index contributed by atoms with van der Waals surface area (Å²) in [6, 6.07) is 8.81. The number of fused-ring (bicyclic) bond motifs is 1. The first-order valence-electron chi connectivity index (χ1n) is 11.0. The molecule has 0 spiro atoms.